The summed E-state index contributed by atoms with van der Waals surface area (Å²) >= 11 is 0. The SMILES string of the molecule is CCOc1ccc([C@H](N)CCCCN)cc1OC.Cl. The van der Waals surface area contributed by atoms with Crippen molar-refractivity contribution >= 4 is 12.4 Å². The summed E-state index contributed by atoms with van der Waals surface area (Å²) in [7, 11) is 1.64. The van der Waals surface area contributed by atoms with Crippen LogP contribution in [0.3, 0.4) is 0 Å². The van der Waals surface area contributed by atoms with Gasteiger partial charge in [-0.3, -0.25) is 0 Å². The van der Waals surface area contributed by atoms with Gasteiger partial charge in [0.05, 0.1) is 13.7 Å². The Balaban J connectivity index is 0.00000324. The molecule has 5 heteroatoms. The van der Waals surface area contributed by atoms with E-state index in [0.29, 0.717) is 6.61 Å². The van der Waals surface area contributed by atoms with Crippen molar-refractivity contribution in [1.82, 2.24) is 0 Å². The lowest BCUT2D eigenvalue weighted by atomic mass is 10.0. The predicted octanol–water partition coefficient (Wildman–Crippen LogP) is 2.64. The molecule has 0 fully saturated rings. The molecule has 0 aromatic heterocycles. The Morgan fingerprint density at radius 3 is 2.53 bits per heavy atom. The molecule has 0 aliphatic rings. The fourth-order valence-corrected chi connectivity index (χ4v) is 1.86. The van der Waals surface area contributed by atoms with Crippen molar-refractivity contribution in [2.45, 2.75) is 32.2 Å². The van der Waals surface area contributed by atoms with Crippen molar-refractivity contribution in [3.8, 4) is 11.5 Å². The zero-order valence-corrected chi connectivity index (χ0v) is 12.5. The number of hydrogen-bond acceptors (Lipinski definition) is 4. The number of methoxy groups -OCH3 is 1. The van der Waals surface area contributed by atoms with Gasteiger partial charge in [-0.25, -0.2) is 0 Å². The average molecular weight is 289 g/mol. The Morgan fingerprint density at radius 1 is 1.21 bits per heavy atom. The van der Waals surface area contributed by atoms with Crippen LogP contribution in [0.15, 0.2) is 18.2 Å². The number of unbranched alkanes of at least 4 members (excludes halogenated alkanes) is 1. The molecule has 4 nitrogen and oxygen atoms in total. The first kappa shape index (κ1) is 18.0. The number of halogens is 1. The minimum Gasteiger partial charge on any atom is -0.493 e. The van der Waals surface area contributed by atoms with E-state index >= 15 is 0 Å². The first-order chi connectivity index (χ1) is 8.72. The molecule has 0 heterocycles. The van der Waals surface area contributed by atoms with Gasteiger partial charge < -0.3 is 20.9 Å². The quantitative estimate of drug-likeness (QED) is 0.722. The van der Waals surface area contributed by atoms with Crippen molar-refractivity contribution in [1.29, 1.82) is 0 Å². The number of ether oxygens (including phenoxy) is 2. The molecule has 4 N–H and O–H groups in total. The van der Waals surface area contributed by atoms with Crippen LogP contribution in [0.5, 0.6) is 11.5 Å². The fourth-order valence-electron chi connectivity index (χ4n) is 1.86. The predicted molar refractivity (Wildman–Crippen MR) is 81.2 cm³/mol. The molecule has 1 rings (SSSR count). The van der Waals surface area contributed by atoms with Gasteiger partial charge in [0.2, 0.25) is 0 Å². The first-order valence-corrected chi connectivity index (χ1v) is 6.49. The molecule has 0 spiro atoms. The highest BCUT2D eigenvalue weighted by Gasteiger charge is 2.10. The number of nitrogens with two attached hydrogens (primary N) is 2. The maximum atomic E-state index is 6.15. The largest absolute Gasteiger partial charge is 0.493 e. The first-order valence-electron chi connectivity index (χ1n) is 6.49. The van der Waals surface area contributed by atoms with Gasteiger partial charge in [-0.2, -0.15) is 0 Å². The molecule has 0 aliphatic carbocycles. The normalized spacial score (nSPS) is 11.6. The Hall–Kier alpha value is -0.970. The van der Waals surface area contributed by atoms with Crippen molar-refractivity contribution in [3.63, 3.8) is 0 Å². The third-order valence-corrected chi connectivity index (χ3v) is 2.88. The zero-order valence-electron chi connectivity index (χ0n) is 11.7. The third-order valence-electron chi connectivity index (χ3n) is 2.88. The van der Waals surface area contributed by atoms with E-state index in [1.54, 1.807) is 7.11 Å². The van der Waals surface area contributed by atoms with Crippen LogP contribution in [0.4, 0.5) is 0 Å². The summed E-state index contributed by atoms with van der Waals surface area (Å²) in [5.74, 6) is 1.50. The highest BCUT2D eigenvalue weighted by Crippen LogP contribution is 2.30. The van der Waals surface area contributed by atoms with E-state index in [-0.39, 0.29) is 18.4 Å². The Morgan fingerprint density at radius 2 is 1.95 bits per heavy atom. The van der Waals surface area contributed by atoms with Gasteiger partial charge in [-0.05, 0) is 44.0 Å². The minimum absolute atomic E-state index is 0. The van der Waals surface area contributed by atoms with Gasteiger partial charge in [-0.15, -0.1) is 12.4 Å². The molecule has 0 saturated heterocycles. The minimum atomic E-state index is 0. The molecular formula is C14H25ClN2O2. The van der Waals surface area contributed by atoms with Crippen LogP contribution in [0, 0.1) is 0 Å². The lowest BCUT2D eigenvalue weighted by Crippen LogP contribution is -2.11. The number of rotatable bonds is 8. The van der Waals surface area contributed by atoms with Crippen LogP contribution in [-0.2, 0) is 0 Å². The topological polar surface area (TPSA) is 70.5 Å². The summed E-state index contributed by atoms with van der Waals surface area (Å²) in [6.45, 7) is 3.30. The smallest absolute Gasteiger partial charge is 0.161 e. The van der Waals surface area contributed by atoms with Crippen molar-refractivity contribution in [2.24, 2.45) is 11.5 Å². The highest BCUT2D eigenvalue weighted by atomic mass is 35.5. The molecule has 1 aromatic carbocycles. The summed E-state index contributed by atoms with van der Waals surface area (Å²) in [4.78, 5) is 0. The Kier molecular flexibility index (Phi) is 9.39. The standard InChI is InChI=1S/C14H24N2O2.ClH/c1-3-18-13-8-7-11(10-14(13)17-2)12(16)6-4-5-9-15;/h7-8,10,12H,3-6,9,15-16H2,1-2H3;1H/t12-;/m1./s1. The van der Waals surface area contributed by atoms with Crippen LogP contribution in [0.25, 0.3) is 0 Å². The van der Waals surface area contributed by atoms with E-state index in [4.69, 9.17) is 20.9 Å². The second kappa shape index (κ2) is 9.89. The van der Waals surface area contributed by atoms with Crippen molar-refractivity contribution in [3.05, 3.63) is 23.8 Å². The van der Waals surface area contributed by atoms with E-state index in [0.717, 1.165) is 42.9 Å². The second-order valence-electron chi connectivity index (χ2n) is 4.23. The van der Waals surface area contributed by atoms with E-state index < -0.39 is 0 Å². The van der Waals surface area contributed by atoms with Gasteiger partial charge >= 0.3 is 0 Å². The fraction of sp³-hybridized carbons (Fsp3) is 0.571. The molecular weight excluding hydrogens is 264 g/mol. The maximum absolute atomic E-state index is 6.15. The highest BCUT2D eigenvalue weighted by molar-refractivity contribution is 5.85. The van der Waals surface area contributed by atoms with Gasteiger partial charge in [0, 0.05) is 6.04 Å². The third kappa shape index (κ3) is 5.68. The van der Waals surface area contributed by atoms with E-state index in [1.807, 2.05) is 25.1 Å². The second-order valence-corrected chi connectivity index (χ2v) is 4.23. The van der Waals surface area contributed by atoms with Crippen LogP contribution in [0.2, 0.25) is 0 Å². The summed E-state index contributed by atoms with van der Waals surface area (Å²) in [6, 6.07) is 5.90. The zero-order chi connectivity index (χ0) is 13.4. The lowest BCUT2D eigenvalue weighted by Gasteiger charge is -2.15. The van der Waals surface area contributed by atoms with E-state index in [1.165, 1.54) is 0 Å². The molecule has 1 atom stereocenters. The summed E-state index contributed by atoms with van der Waals surface area (Å²) < 4.78 is 10.8. The molecule has 0 radical (unpaired) electrons. The van der Waals surface area contributed by atoms with Crippen LogP contribution < -0.4 is 20.9 Å². The number of hydrogen-bond donors (Lipinski definition) is 2. The van der Waals surface area contributed by atoms with E-state index in [2.05, 4.69) is 0 Å². The van der Waals surface area contributed by atoms with Gasteiger partial charge in [0.1, 0.15) is 0 Å². The maximum Gasteiger partial charge on any atom is 0.161 e. The number of benzene rings is 1. The summed E-state index contributed by atoms with van der Waals surface area (Å²) in [6.07, 6.45) is 3.00. The summed E-state index contributed by atoms with van der Waals surface area (Å²) in [5, 5.41) is 0. The molecule has 0 amide bonds. The average Bonchev–Trinajstić information content (AvgIpc) is 2.39. The Labute approximate surface area is 121 Å². The molecule has 0 aliphatic heterocycles. The van der Waals surface area contributed by atoms with Crippen LogP contribution >= 0.6 is 12.4 Å². The summed E-state index contributed by atoms with van der Waals surface area (Å²) in [5.41, 5.74) is 12.7. The molecule has 110 valence electrons. The van der Waals surface area contributed by atoms with Crippen LogP contribution in [0.1, 0.15) is 37.8 Å². The van der Waals surface area contributed by atoms with Gasteiger partial charge in [0.25, 0.3) is 0 Å². The Bertz CT molecular complexity index is 361. The van der Waals surface area contributed by atoms with Crippen molar-refractivity contribution < 1.29 is 9.47 Å². The lowest BCUT2D eigenvalue weighted by molar-refractivity contribution is 0.310. The van der Waals surface area contributed by atoms with Crippen molar-refractivity contribution in [2.75, 3.05) is 20.3 Å². The molecule has 1 aromatic rings. The monoisotopic (exact) mass is 288 g/mol. The molecule has 0 saturated carbocycles. The molecule has 0 bridgehead atoms. The van der Waals surface area contributed by atoms with Crippen LogP contribution in [-0.4, -0.2) is 20.3 Å². The van der Waals surface area contributed by atoms with Gasteiger partial charge in [-0.1, -0.05) is 12.5 Å². The molecule has 0 unspecified atom stereocenters. The van der Waals surface area contributed by atoms with Gasteiger partial charge in [0.15, 0.2) is 11.5 Å². The van der Waals surface area contributed by atoms with E-state index in [9.17, 15) is 0 Å². The molecule has 19 heavy (non-hydrogen) atoms.